The van der Waals surface area contributed by atoms with Gasteiger partial charge in [-0.3, -0.25) is 0 Å². The summed E-state index contributed by atoms with van der Waals surface area (Å²) in [6, 6.07) is 13.0. The first kappa shape index (κ1) is 16.3. The third-order valence-corrected chi connectivity index (χ3v) is 4.12. The number of benzene rings is 2. The molecule has 0 aliphatic heterocycles. The van der Waals surface area contributed by atoms with Gasteiger partial charge in [-0.1, -0.05) is 22.0 Å². The molecule has 0 aliphatic rings. The first-order chi connectivity index (χ1) is 11.6. The third-order valence-electron chi connectivity index (χ3n) is 3.63. The Morgan fingerprint density at radius 3 is 2.58 bits per heavy atom. The van der Waals surface area contributed by atoms with Crippen LogP contribution in [0, 0.1) is 0 Å². The molecule has 5 nitrogen and oxygen atoms in total. The topological polar surface area (TPSA) is 53.4 Å². The van der Waals surface area contributed by atoms with Gasteiger partial charge in [-0.25, -0.2) is 9.48 Å². The van der Waals surface area contributed by atoms with E-state index in [1.807, 2.05) is 42.6 Å². The summed E-state index contributed by atoms with van der Waals surface area (Å²) in [5, 5.41) is 4.22. The molecule has 0 radical (unpaired) electrons. The molecule has 0 N–H and O–H groups in total. The molecule has 0 spiro atoms. The Labute approximate surface area is 148 Å². The predicted molar refractivity (Wildman–Crippen MR) is 94.6 cm³/mol. The number of carbonyl (C=O) groups excluding carboxylic acids is 1. The summed E-state index contributed by atoms with van der Waals surface area (Å²) in [7, 11) is 2.97. The number of halogens is 1. The van der Waals surface area contributed by atoms with E-state index in [-0.39, 0.29) is 0 Å². The van der Waals surface area contributed by atoms with E-state index in [0.29, 0.717) is 11.3 Å². The van der Waals surface area contributed by atoms with Crippen molar-refractivity contribution >= 4 is 21.9 Å². The number of ether oxygens (including phenoxy) is 2. The zero-order chi connectivity index (χ0) is 17.1. The summed E-state index contributed by atoms with van der Waals surface area (Å²) >= 11 is 3.39. The molecule has 1 heterocycles. The smallest absolute Gasteiger partial charge is 0.338 e. The average Bonchev–Trinajstić information content (AvgIpc) is 3.15. The molecule has 6 heteroatoms. The van der Waals surface area contributed by atoms with E-state index in [1.165, 1.54) is 7.11 Å². The van der Waals surface area contributed by atoms with Gasteiger partial charge in [0.2, 0.25) is 0 Å². The summed E-state index contributed by atoms with van der Waals surface area (Å²) in [5.74, 6) is 0.250. The van der Waals surface area contributed by atoms with Crippen molar-refractivity contribution in [3.63, 3.8) is 0 Å². The SMILES string of the molecule is COC(=O)c1cc(Br)ccc1-c1ccc(-n2cccn2)cc1OC. The van der Waals surface area contributed by atoms with Gasteiger partial charge in [0.15, 0.2) is 0 Å². The molecule has 3 aromatic rings. The highest BCUT2D eigenvalue weighted by Gasteiger charge is 2.17. The highest BCUT2D eigenvalue weighted by Crippen LogP contribution is 2.35. The van der Waals surface area contributed by atoms with Crippen LogP contribution >= 0.6 is 15.9 Å². The van der Waals surface area contributed by atoms with Crippen LogP contribution in [0.15, 0.2) is 59.3 Å². The highest BCUT2D eigenvalue weighted by atomic mass is 79.9. The van der Waals surface area contributed by atoms with E-state index in [1.54, 1.807) is 24.1 Å². The van der Waals surface area contributed by atoms with Crippen molar-refractivity contribution in [2.24, 2.45) is 0 Å². The second-order valence-corrected chi connectivity index (χ2v) is 5.93. The van der Waals surface area contributed by atoms with Crippen molar-refractivity contribution in [1.82, 2.24) is 9.78 Å². The highest BCUT2D eigenvalue weighted by molar-refractivity contribution is 9.10. The fraction of sp³-hybridized carbons (Fsp3) is 0.111. The van der Waals surface area contributed by atoms with Crippen molar-refractivity contribution in [2.45, 2.75) is 0 Å². The van der Waals surface area contributed by atoms with Gasteiger partial charge >= 0.3 is 5.97 Å². The van der Waals surface area contributed by atoms with Crippen molar-refractivity contribution in [3.05, 3.63) is 64.9 Å². The number of methoxy groups -OCH3 is 2. The molecular formula is C18H15BrN2O3. The summed E-state index contributed by atoms with van der Waals surface area (Å²) in [6.45, 7) is 0. The average molecular weight is 387 g/mol. The lowest BCUT2D eigenvalue weighted by Gasteiger charge is -2.14. The quantitative estimate of drug-likeness (QED) is 0.633. The van der Waals surface area contributed by atoms with E-state index < -0.39 is 5.97 Å². The first-order valence-electron chi connectivity index (χ1n) is 7.20. The predicted octanol–water partition coefficient (Wildman–Crippen LogP) is 4.10. The monoisotopic (exact) mass is 386 g/mol. The number of carbonyl (C=O) groups is 1. The Morgan fingerprint density at radius 1 is 1.12 bits per heavy atom. The fourth-order valence-corrected chi connectivity index (χ4v) is 2.86. The van der Waals surface area contributed by atoms with E-state index in [4.69, 9.17) is 9.47 Å². The number of nitrogens with zero attached hydrogens (tertiary/aromatic N) is 2. The van der Waals surface area contributed by atoms with Gasteiger partial charge in [0, 0.05) is 28.5 Å². The van der Waals surface area contributed by atoms with Crippen LogP contribution in [0.4, 0.5) is 0 Å². The van der Waals surface area contributed by atoms with E-state index >= 15 is 0 Å². The Hall–Kier alpha value is -2.60. The largest absolute Gasteiger partial charge is 0.496 e. The number of aromatic nitrogens is 2. The molecule has 122 valence electrons. The van der Waals surface area contributed by atoms with Crippen LogP contribution in [0.2, 0.25) is 0 Å². The van der Waals surface area contributed by atoms with Crippen molar-refractivity contribution < 1.29 is 14.3 Å². The Bertz CT molecular complexity index is 876. The van der Waals surface area contributed by atoms with Crippen molar-refractivity contribution in [1.29, 1.82) is 0 Å². The van der Waals surface area contributed by atoms with Gasteiger partial charge < -0.3 is 9.47 Å². The van der Waals surface area contributed by atoms with Crippen LogP contribution in [0.3, 0.4) is 0 Å². The second-order valence-electron chi connectivity index (χ2n) is 5.02. The van der Waals surface area contributed by atoms with Crippen LogP contribution in [0.5, 0.6) is 5.75 Å². The van der Waals surface area contributed by atoms with Crippen LogP contribution in [0.1, 0.15) is 10.4 Å². The molecule has 0 saturated heterocycles. The summed E-state index contributed by atoms with van der Waals surface area (Å²) in [5.41, 5.74) is 2.89. The molecule has 0 fully saturated rings. The lowest BCUT2D eigenvalue weighted by atomic mass is 9.98. The molecule has 1 aromatic heterocycles. The fourth-order valence-electron chi connectivity index (χ4n) is 2.50. The van der Waals surface area contributed by atoms with Crippen LogP contribution in [-0.4, -0.2) is 30.0 Å². The number of rotatable bonds is 4. The minimum atomic E-state index is -0.399. The molecule has 0 unspecified atom stereocenters. The van der Waals surface area contributed by atoms with Crippen LogP contribution < -0.4 is 4.74 Å². The third kappa shape index (κ3) is 3.05. The standard InChI is InChI=1S/C18H15BrN2O3/c1-23-17-11-13(21-9-3-8-20-21)5-7-15(17)14-6-4-12(19)10-16(14)18(22)24-2/h3-11H,1-2H3. The lowest BCUT2D eigenvalue weighted by molar-refractivity contribution is 0.0601. The summed E-state index contributed by atoms with van der Waals surface area (Å²) in [4.78, 5) is 12.1. The maximum absolute atomic E-state index is 12.1. The molecule has 3 rings (SSSR count). The first-order valence-corrected chi connectivity index (χ1v) is 7.99. The van der Waals surface area contributed by atoms with Crippen LogP contribution in [-0.2, 0) is 4.74 Å². The molecule has 0 atom stereocenters. The number of hydrogen-bond donors (Lipinski definition) is 0. The minimum absolute atomic E-state index is 0.399. The van der Waals surface area contributed by atoms with E-state index in [2.05, 4.69) is 21.0 Å². The summed E-state index contributed by atoms with van der Waals surface area (Å²) < 4.78 is 13.0. The molecule has 0 aliphatic carbocycles. The number of esters is 1. The van der Waals surface area contributed by atoms with Crippen molar-refractivity contribution in [3.8, 4) is 22.6 Å². The van der Waals surface area contributed by atoms with Gasteiger partial charge in [-0.15, -0.1) is 0 Å². The normalized spacial score (nSPS) is 10.5. The number of hydrogen-bond acceptors (Lipinski definition) is 4. The molecule has 24 heavy (non-hydrogen) atoms. The van der Waals surface area contributed by atoms with E-state index in [9.17, 15) is 4.79 Å². The molecular weight excluding hydrogens is 372 g/mol. The maximum Gasteiger partial charge on any atom is 0.338 e. The maximum atomic E-state index is 12.1. The van der Waals surface area contributed by atoms with Gasteiger partial charge in [0.05, 0.1) is 25.5 Å². The Kier molecular flexibility index (Phi) is 4.66. The molecule has 0 bridgehead atoms. The molecule has 2 aromatic carbocycles. The van der Waals surface area contributed by atoms with Crippen LogP contribution in [0.25, 0.3) is 16.8 Å². The van der Waals surface area contributed by atoms with Gasteiger partial charge in [-0.05, 0) is 35.9 Å². The van der Waals surface area contributed by atoms with Gasteiger partial charge in [0.1, 0.15) is 5.75 Å². The second kappa shape index (κ2) is 6.88. The van der Waals surface area contributed by atoms with Crippen molar-refractivity contribution in [2.75, 3.05) is 14.2 Å². The lowest BCUT2D eigenvalue weighted by Crippen LogP contribution is -2.04. The Balaban J connectivity index is 2.15. The molecule has 0 amide bonds. The van der Waals surface area contributed by atoms with Gasteiger partial charge in [-0.2, -0.15) is 5.10 Å². The zero-order valence-corrected chi connectivity index (χ0v) is 14.8. The van der Waals surface area contributed by atoms with Gasteiger partial charge in [0.25, 0.3) is 0 Å². The summed E-state index contributed by atoms with van der Waals surface area (Å²) in [6.07, 6.45) is 3.57. The Morgan fingerprint density at radius 2 is 1.92 bits per heavy atom. The molecule has 0 saturated carbocycles. The zero-order valence-electron chi connectivity index (χ0n) is 13.2. The minimum Gasteiger partial charge on any atom is -0.496 e. The van der Waals surface area contributed by atoms with E-state index in [0.717, 1.165) is 21.3 Å².